The third-order valence-electron chi connectivity index (χ3n) is 9.62. The van der Waals surface area contributed by atoms with Crippen molar-refractivity contribution in [3.8, 4) is 5.75 Å². The van der Waals surface area contributed by atoms with Crippen LogP contribution in [0.15, 0.2) is 24.3 Å². The van der Waals surface area contributed by atoms with Gasteiger partial charge in [-0.1, -0.05) is 27.7 Å². The van der Waals surface area contributed by atoms with Crippen LogP contribution in [0.25, 0.3) is 0 Å². The topological polar surface area (TPSA) is 134 Å². The second-order valence-electron chi connectivity index (χ2n) is 13.3. The highest BCUT2D eigenvalue weighted by molar-refractivity contribution is 6.48. The smallest absolute Gasteiger partial charge is 0.481 e. The van der Waals surface area contributed by atoms with Gasteiger partial charge in [0.15, 0.2) is 5.96 Å². The number of ether oxygens (including phenoxy) is 1. The van der Waals surface area contributed by atoms with E-state index in [1.807, 2.05) is 6.92 Å². The molecule has 2 amide bonds. The van der Waals surface area contributed by atoms with Gasteiger partial charge in [-0.05, 0) is 93.4 Å². The Kier molecular flexibility index (Phi) is 10.1. The number of nitrogens with one attached hydrogen (secondary N) is 5. The maximum Gasteiger partial charge on any atom is 0.481 e. The summed E-state index contributed by atoms with van der Waals surface area (Å²) in [7, 11) is 1.13. The zero-order chi connectivity index (χ0) is 30.7. The third kappa shape index (κ3) is 6.88. The van der Waals surface area contributed by atoms with Crippen LogP contribution in [0.2, 0.25) is 0 Å². The molecule has 1 aromatic rings. The van der Waals surface area contributed by atoms with E-state index in [1.165, 1.54) is 0 Å². The number of guanidine groups is 1. The summed E-state index contributed by atoms with van der Waals surface area (Å²) in [5, 5.41) is 19.6. The molecule has 4 fully saturated rings. The zero-order valence-corrected chi connectivity index (χ0v) is 26.3. The predicted octanol–water partition coefficient (Wildman–Crippen LogP) is 3.51. The van der Waals surface area contributed by atoms with Gasteiger partial charge in [0.2, 0.25) is 5.91 Å². The Morgan fingerprint density at radius 3 is 2.48 bits per heavy atom. The summed E-state index contributed by atoms with van der Waals surface area (Å²) in [4.78, 5) is 27.0. The molecule has 0 unspecified atom stereocenters. The number of carbonyl (C=O) groups excluding carboxylic acids is 2. The van der Waals surface area contributed by atoms with Crippen LogP contribution < -0.4 is 26.0 Å². The molecule has 1 heterocycles. The average molecular weight is 584 g/mol. The summed E-state index contributed by atoms with van der Waals surface area (Å²) in [6.45, 7) is 14.0. The minimum atomic E-state index is -0.768. The molecule has 1 aromatic carbocycles. The van der Waals surface area contributed by atoms with E-state index in [9.17, 15) is 9.59 Å². The lowest BCUT2D eigenvalue weighted by molar-refractivity contribution is -0.199. The average Bonchev–Trinajstić information content (AvgIpc) is 3.31. The standard InChI is InChI=1S/C31H50BN5O5/c1-8-40-22-13-11-20(12-14-22)27(38)36-23(10-9-15-35-29(33)34-7)28(39)37-26(16-19(2)3)32-41-25-18-21-17-24(30(21,4)5)31(25,6)42-32/h11-14,19,21,23-26H,8-10,15-18H2,1-7H3,(H,36,38)(H,37,39)(H3,33,34,35)/t21-,23-,24-,25+,26-,31-/m0/s1. The monoisotopic (exact) mass is 583 g/mol. The largest absolute Gasteiger partial charge is 0.494 e. The Morgan fingerprint density at radius 2 is 1.86 bits per heavy atom. The summed E-state index contributed by atoms with van der Waals surface area (Å²) in [5.74, 6) is 1.32. The molecule has 0 radical (unpaired) electrons. The highest BCUT2D eigenvalue weighted by Crippen LogP contribution is 2.65. The summed E-state index contributed by atoms with van der Waals surface area (Å²) in [6.07, 6.45) is 3.84. The number of amides is 2. The molecule has 3 aliphatic carbocycles. The molecule has 3 saturated carbocycles. The van der Waals surface area contributed by atoms with E-state index < -0.39 is 13.2 Å². The molecule has 10 nitrogen and oxygen atoms in total. The van der Waals surface area contributed by atoms with Crippen LogP contribution in [-0.4, -0.2) is 68.8 Å². The lowest BCUT2D eigenvalue weighted by Crippen LogP contribution is -2.65. The van der Waals surface area contributed by atoms with E-state index in [0.29, 0.717) is 61.5 Å². The number of rotatable bonds is 13. The molecule has 6 atom stereocenters. The molecule has 5 rings (SSSR count). The SMILES string of the molecule is CCOc1ccc(C(=O)N[C@@H](CCCNC(=N)NC)C(=O)N[C@@H](CC(C)C)B2O[C@@H]3C[C@@H]4C[C@@H](C4(C)C)[C@]3(C)O2)cc1. The van der Waals surface area contributed by atoms with E-state index >= 15 is 0 Å². The quantitative estimate of drug-likeness (QED) is 0.104. The highest BCUT2D eigenvalue weighted by atomic mass is 16.7. The fraction of sp³-hybridized carbons (Fsp3) is 0.710. The van der Waals surface area contributed by atoms with E-state index in [-0.39, 0.29) is 40.8 Å². The van der Waals surface area contributed by atoms with Crippen molar-refractivity contribution < 1.29 is 23.6 Å². The Balaban J connectivity index is 1.46. The van der Waals surface area contributed by atoms with Crippen molar-refractivity contribution in [3.05, 3.63) is 29.8 Å². The van der Waals surface area contributed by atoms with Gasteiger partial charge in [0, 0.05) is 19.2 Å². The maximum absolute atomic E-state index is 13.8. The lowest BCUT2D eigenvalue weighted by atomic mass is 9.43. The van der Waals surface area contributed by atoms with Crippen LogP contribution in [0, 0.1) is 28.6 Å². The van der Waals surface area contributed by atoms with Crippen molar-refractivity contribution in [2.45, 2.75) is 97.3 Å². The molecule has 2 bridgehead atoms. The van der Waals surface area contributed by atoms with Crippen LogP contribution in [0.1, 0.15) is 84.0 Å². The van der Waals surface area contributed by atoms with Gasteiger partial charge in [0.05, 0.1) is 24.3 Å². The van der Waals surface area contributed by atoms with Crippen molar-refractivity contribution in [2.75, 3.05) is 20.2 Å². The second kappa shape index (κ2) is 13.2. The molecule has 1 aliphatic heterocycles. The molecule has 42 heavy (non-hydrogen) atoms. The van der Waals surface area contributed by atoms with Crippen molar-refractivity contribution in [2.24, 2.45) is 23.2 Å². The normalized spacial score (nSPS) is 26.9. The van der Waals surface area contributed by atoms with E-state index in [1.54, 1.807) is 31.3 Å². The van der Waals surface area contributed by atoms with Crippen LogP contribution in [0.5, 0.6) is 5.75 Å². The van der Waals surface area contributed by atoms with E-state index in [4.69, 9.17) is 19.5 Å². The molecular weight excluding hydrogens is 533 g/mol. The predicted molar refractivity (Wildman–Crippen MR) is 164 cm³/mol. The Hall–Kier alpha value is -2.79. The summed E-state index contributed by atoms with van der Waals surface area (Å²) < 4.78 is 18.8. The minimum absolute atomic E-state index is 0.0227. The first kappa shape index (κ1) is 32.1. The van der Waals surface area contributed by atoms with Gasteiger partial charge in [0.25, 0.3) is 5.91 Å². The fourth-order valence-electron chi connectivity index (χ4n) is 7.09. The van der Waals surface area contributed by atoms with Gasteiger partial charge < -0.3 is 35.3 Å². The third-order valence-corrected chi connectivity index (χ3v) is 9.62. The number of hydrogen-bond donors (Lipinski definition) is 5. The van der Waals surface area contributed by atoms with Crippen molar-refractivity contribution >= 4 is 24.9 Å². The van der Waals surface area contributed by atoms with Crippen molar-refractivity contribution in [1.29, 1.82) is 5.41 Å². The maximum atomic E-state index is 13.8. The molecule has 232 valence electrons. The van der Waals surface area contributed by atoms with Crippen LogP contribution in [-0.2, 0) is 14.1 Å². The van der Waals surface area contributed by atoms with Gasteiger partial charge in [-0.25, -0.2) is 0 Å². The van der Waals surface area contributed by atoms with Gasteiger partial charge >= 0.3 is 7.12 Å². The first-order valence-corrected chi connectivity index (χ1v) is 15.6. The van der Waals surface area contributed by atoms with Crippen LogP contribution in [0.3, 0.4) is 0 Å². The minimum Gasteiger partial charge on any atom is -0.494 e. The van der Waals surface area contributed by atoms with Gasteiger partial charge in [-0.2, -0.15) is 0 Å². The molecule has 0 spiro atoms. The van der Waals surface area contributed by atoms with E-state index in [0.717, 1.165) is 12.8 Å². The van der Waals surface area contributed by atoms with Crippen LogP contribution in [0.4, 0.5) is 0 Å². The van der Waals surface area contributed by atoms with Gasteiger partial charge in [-0.3, -0.25) is 15.0 Å². The van der Waals surface area contributed by atoms with Crippen molar-refractivity contribution in [3.63, 3.8) is 0 Å². The molecule has 4 aliphatic rings. The molecular formula is C31H50BN5O5. The lowest BCUT2D eigenvalue weighted by Gasteiger charge is -2.64. The van der Waals surface area contributed by atoms with Crippen molar-refractivity contribution in [1.82, 2.24) is 21.3 Å². The Morgan fingerprint density at radius 1 is 1.14 bits per heavy atom. The summed E-state index contributed by atoms with van der Waals surface area (Å²) in [6, 6.07) is 6.12. The molecule has 5 N–H and O–H groups in total. The van der Waals surface area contributed by atoms with Gasteiger partial charge in [0.1, 0.15) is 11.8 Å². The zero-order valence-electron chi connectivity index (χ0n) is 26.3. The first-order chi connectivity index (χ1) is 19.9. The Labute approximate surface area is 251 Å². The first-order valence-electron chi connectivity index (χ1n) is 15.6. The molecule has 11 heteroatoms. The second-order valence-corrected chi connectivity index (χ2v) is 13.3. The van der Waals surface area contributed by atoms with E-state index in [2.05, 4.69) is 55.9 Å². The summed E-state index contributed by atoms with van der Waals surface area (Å²) >= 11 is 0. The Bertz CT molecular complexity index is 1120. The number of carbonyl (C=O) groups is 2. The highest BCUT2D eigenvalue weighted by Gasteiger charge is 2.68. The molecule has 1 saturated heterocycles. The number of benzene rings is 1. The van der Waals surface area contributed by atoms with Crippen LogP contribution >= 0.6 is 0 Å². The molecule has 0 aromatic heterocycles. The fourth-order valence-corrected chi connectivity index (χ4v) is 7.09. The van der Waals surface area contributed by atoms with Gasteiger partial charge in [-0.15, -0.1) is 0 Å². The number of hydrogen-bond acceptors (Lipinski definition) is 6. The summed E-state index contributed by atoms with van der Waals surface area (Å²) in [5.41, 5.74) is 0.313.